The predicted molar refractivity (Wildman–Crippen MR) is 56.3 cm³/mol. The van der Waals surface area contributed by atoms with E-state index in [0.717, 1.165) is 25.4 Å². The number of nitrogens with two attached hydrogens (primary N) is 1. The van der Waals surface area contributed by atoms with E-state index in [4.69, 9.17) is 10.5 Å². The average Bonchev–Trinajstić information content (AvgIpc) is 2.69. The molecule has 2 atom stereocenters. The Labute approximate surface area is 88.5 Å². The average molecular weight is 219 g/mol. The summed E-state index contributed by atoms with van der Waals surface area (Å²) >= 11 is 1.83. The molecule has 0 saturated carbocycles. The van der Waals surface area contributed by atoms with Crippen molar-refractivity contribution in [2.24, 2.45) is 5.73 Å². The zero-order chi connectivity index (χ0) is 10.4. The number of rotatable bonds is 5. The van der Waals surface area contributed by atoms with E-state index < -0.39 is 6.04 Å². The van der Waals surface area contributed by atoms with Gasteiger partial charge in [0.05, 0.1) is 13.7 Å². The molecule has 1 fully saturated rings. The van der Waals surface area contributed by atoms with E-state index in [0.29, 0.717) is 11.7 Å². The molecule has 1 aliphatic rings. The van der Waals surface area contributed by atoms with Crippen molar-refractivity contribution in [3.63, 3.8) is 0 Å². The highest BCUT2D eigenvalue weighted by Crippen LogP contribution is 2.21. The Morgan fingerprint density at radius 1 is 1.79 bits per heavy atom. The van der Waals surface area contributed by atoms with Crippen molar-refractivity contribution in [2.45, 2.75) is 24.1 Å². The van der Waals surface area contributed by atoms with Gasteiger partial charge in [0.2, 0.25) is 0 Å². The summed E-state index contributed by atoms with van der Waals surface area (Å²) in [6.07, 6.45) is 1.78. The van der Waals surface area contributed by atoms with Crippen LogP contribution in [-0.2, 0) is 14.3 Å². The maximum absolute atomic E-state index is 11.0. The molecule has 5 heteroatoms. The number of ether oxygens (including phenoxy) is 2. The van der Waals surface area contributed by atoms with Gasteiger partial charge in [-0.25, -0.2) is 0 Å². The van der Waals surface area contributed by atoms with Gasteiger partial charge in [-0.15, -0.1) is 0 Å². The molecule has 82 valence electrons. The summed E-state index contributed by atoms with van der Waals surface area (Å²) < 4.78 is 9.78. The molecule has 0 bridgehead atoms. The standard InChI is InChI=1S/C9H17NO3S/c1-12-9(11)8(10)3-5-14-7-2-4-13-6-7/h7-8H,2-6,10H2,1H3. The molecule has 1 heterocycles. The fourth-order valence-electron chi connectivity index (χ4n) is 1.28. The zero-order valence-corrected chi connectivity index (χ0v) is 9.22. The lowest BCUT2D eigenvalue weighted by Gasteiger charge is -2.10. The summed E-state index contributed by atoms with van der Waals surface area (Å²) in [4.78, 5) is 11.0. The second kappa shape index (κ2) is 6.27. The first-order valence-electron chi connectivity index (χ1n) is 4.76. The second-order valence-corrected chi connectivity index (χ2v) is 4.68. The first-order chi connectivity index (χ1) is 6.74. The van der Waals surface area contributed by atoms with Gasteiger partial charge in [0.25, 0.3) is 0 Å². The number of carbonyl (C=O) groups excluding carboxylic acids is 1. The molecule has 0 aromatic carbocycles. The number of hydrogen-bond acceptors (Lipinski definition) is 5. The van der Waals surface area contributed by atoms with E-state index in [1.165, 1.54) is 7.11 Å². The highest BCUT2D eigenvalue weighted by atomic mass is 32.2. The molecule has 0 aromatic rings. The van der Waals surface area contributed by atoms with Gasteiger partial charge in [0.1, 0.15) is 6.04 Å². The van der Waals surface area contributed by atoms with Gasteiger partial charge >= 0.3 is 5.97 Å². The van der Waals surface area contributed by atoms with Crippen LogP contribution in [-0.4, -0.2) is 43.3 Å². The van der Waals surface area contributed by atoms with Gasteiger partial charge in [0.15, 0.2) is 0 Å². The van der Waals surface area contributed by atoms with E-state index in [2.05, 4.69) is 4.74 Å². The van der Waals surface area contributed by atoms with Crippen molar-refractivity contribution in [1.29, 1.82) is 0 Å². The summed E-state index contributed by atoms with van der Waals surface area (Å²) in [7, 11) is 1.36. The molecule has 4 nitrogen and oxygen atoms in total. The number of thioether (sulfide) groups is 1. The van der Waals surface area contributed by atoms with Crippen LogP contribution < -0.4 is 5.73 Å². The van der Waals surface area contributed by atoms with Crippen LogP contribution in [0.4, 0.5) is 0 Å². The molecular weight excluding hydrogens is 202 g/mol. The van der Waals surface area contributed by atoms with E-state index in [1.54, 1.807) is 0 Å². The van der Waals surface area contributed by atoms with Crippen LogP contribution in [0.2, 0.25) is 0 Å². The Morgan fingerprint density at radius 3 is 3.14 bits per heavy atom. The molecule has 2 N–H and O–H groups in total. The zero-order valence-electron chi connectivity index (χ0n) is 8.40. The monoisotopic (exact) mass is 219 g/mol. The smallest absolute Gasteiger partial charge is 0.322 e. The first kappa shape index (κ1) is 11.8. The molecule has 14 heavy (non-hydrogen) atoms. The number of hydrogen-bond donors (Lipinski definition) is 1. The maximum Gasteiger partial charge on any atom is 0.322 e. The molecule has 0 radical (unpaired) electrons. The molecule has 0 amide bonds. The van der Waals surface area contributed by atoms with Crippen LogP contribution >= 0.6 is 11.8 Å². The fraction of sp³-hybridized carbons (Fsp3) is 0.889. The maximum atomic E-state index is 11.0. The summed E-state index contributed by atoms with van der Waals surface area (Å²) in [5.74, 6) is 0.567. The molecule has 1 saturated heterocycles. The Morgan fingerprint density at radius 2 is 2.57 bits per heavy atom. The highest BCUT2D eigenvalue weighted by molar-refractivity contribution is 7.99. The van der Waals surface area contributed by atoms with Crippen LogP contribution in [0.3, 0.4) is 0 Å². The van der Waals surface area contributed by atoms with Gasteiger partial charge in [-0.1, -0.05) is 0 Å². The third-order valence-corrected chi connectivity index (χ3v) is 3.49. The molecule has 0 aromatic heterocycles. The van der Waals surface area contributed by atoms with Gasteiger partial charge in [-0.3, -0.25) is 4.79 Å². The largest absolute Gasteiger partial charge is 0.468 e. The summed E-state index contributed by atoms with van der Waals surface area (Å²) in [6.45, 7) is 1.69. The Hall–Kier alpha value is -0.260. The minimum Gasteiger partial charge on any atom is -0.468 e. The second-order valence-electron chi connectivity index (χ2n) is 3.27. The fourth-order valence-corrected chi connectivity index (χ4v) is 2.45. The lowest BCUT2D eigenvalue weighted by atomic mass is 10.2. The van der Waals surface area contributed by atoms with Crippen molar-refractivity contribution < 1.29 is 14.3 Å². The minimum atomic E-state index is -0.477. The first-order valence-corrected chi connectivity index (χ1v) is 5.81. The van der Waals surface area contributed by atoms with Crippen LogP contribution in [0, 0.1) is 0 Å². The molecule has 2 unspecified atom stereocenters. The minimum absolute atomic E-state index is 0.326. The molecule has 0 aliphatic carbocycles. The van der Waals surface area contributed by atoms with Crippen molar-refractivity contribution in [3.8, 4) is 0 Å². The number of methoxy groups -OCH3 is 1. The Bertz CT molecular complexity index is 183. The van der Waals surface area contributed by atoms with Crippen LogP contribution in [0.15, 0.2) is 0 Å². The summed E-state index contributed by atoms with van der Waals surface area (Å²) in [5.41, 5.74) is 5.59. The summed E-state index contributed by atoms with van der Waals surface area (Å²) in [6, 6.07) is -0.477. The van der Waals surface area contributed by atoms with E-state index in [1.807, 2.05) is 11.8 Å². The third-order valence-electron chi connectivity index (χ3n) is 2.17. The molecule has 1 aliphatic heterocycles. The normalized spacial score (nSPS) is 23.4. The van der Waals surface area contributed by atoms with Crippen molar-refractivity contribution >= 4 is 17.7 Å². The molecule has 1 rings (SSSR count). The van der Waals surface area contributed by atoms with Crippen LogP contribution in [0.25, 0.3) is 0 Å². The van der Waals surface area contributed by atoms with Crippen molar-refractivity contribution in [3.05, 3.63) is 0 Å². The lowest BCUT2D eigenvalue weighted by Crippen LogP contribution is -2.32. The van der Waals surface area contributed by atoms with Gasteiger partial charge in [0, 0.05) is 11.9 Å². The van der Waals surface area contributed by atoms with Gasteiger partial charge in [-0.05, 0) is 18.6 Å². The Balaban J connectivity index is 2.05. The molecular formula is C9H17NO3S. The van der Waals surface area contributed by atoms with E-state index >= 15 is 0 Å². The summed E-state index contributed by atoms with van der Waals surface area (Å²) in [5, 5.41) is 0.583. The number of carbonyl (C=O) groups is 1. The number of esters is 1. The SMILES string of the molecule is COC(=O)C(N)CCSC1CCOC1. The van der Waals surface area contributed by atoms with Crippen molar-refractivity contribution in [2.75, 3.05) is 26.1 Å². The van der Waals surface area contributed by atoms with Crippen LogP contribution in [0.1, 0.15) is 12.8 Å². The predicted octanol–water partition coefficient (Wildman–Crippen LogP) is 0.399. The van der Waals surface area contributed by atoms with Crippen LogP contribution in [0.5, 0.6) is 0 Å². The quantitative estimate of drug-likeness (QED) is 0.678. The topological polar surface area (TPSA) is 61.5 Å². The van der Waals surface area contributed by atoms with E-state index in [-0.39, 0.29) is 5.97 Å². The third kappa shape index (κ3) is 3.86. The van der Waals surface area contributed by atoms with Crippen molar-refractivity contribution in [1.82, 2.24) is 0 Å². The van der Waals surface area contributed by atoms with Gasteiger partial charge in [-0.2, -0.15) is 11.8 Å². The highest BCUT2D eigenvalue weighted by Gasteiger charge is 2.18. The van der Waals surface area contributed by atoms with E-state index in [9.17, 15) is 4.79 Å². The lowest BCUT2D eigenvalue weighted by molar-refractivity contribution is -0.142. The Kier molecular flexibility index (Phi) is 5.29. The molecule has 0 spiro atoms. The van der Waals surface area contributed by atoms with Gasteiger partial charge < -0.3 is 15.2 Å².